The molecule has 0 saturated carbocycles. The summed E-state index contributed by atoms with van der Waals surface area (Å²) in [5.41, 5.74) is 1.51. The number of alkyl halides is 3. The van der Waals surface area contributed by atoms with Gasteiger partial charge in [0.1, 0.15) is 5.76 Å². The molecule has 0 heterocycles. The van der Waals surface area contributed by atoms with Gasteiger partial charge in [0.25, 0.3) is 0 Å². The summed E-state index contributed by atoms with van der Waals surface area (Å²) in [6.07, 6.45) is 10.5. The van der Waals surface area contributed by atoms with Crippen LogP contribution in [0, 0.1) is 5.41 Å². The van der Waals surface area contributed by atoms with Crippen LogP contribution in [0.15, 0.2) is 71.1 Å². The number of halogens is 3. The van der Waals surface area contributed by atoms with Gasteiger partial charge in [-0.3, -0.25) is 0 Å². The second kappa shape index (κ2) is 7.14. The molecule has 2 rings (SSSR count). The van der Waals surface area contributed by atoms with E-state index in [2.05, 4.69) is 4.51 Å². The van der Waals surface area contributed by atoms with Gasteiger partial charge >= 0.3 is 6.11 Å². The number of ether oxygens (including phenoxy) is 1. The van der Waals surface area contributed by atoms with Crippen molar-refractivity contribution >= 4 is 25.2 Å². The first kappa shape index (κ1) is 20.0. The molecule has 0 radical (unpaired) electrons. The van der Waals surface area contributed by atoms with E-state index in [1.807, 2.05) is 46.8 Å². The van der Waals surface area contributed by atoms with Crippen molar-refractivity contribution < 1.29 is 13.5 Å². The summed E-state index contributed by atoms with van der Waals surface area (Å²) in [4.78, 5) is 0. The van der Waals surface area contributed by atoms with Gasteiger partial charge in [-0.2, -0.15) is 8.78 Å². The fourth-order valence-electron chi connectivity index (χ4n) is 2.94. The lowest BCUT2D eigenvalue weighted by molar-refractivity contribution is -0.177. The fourth-order valence-corrected chi connectivity index (χ4v) is 4.21. The van der Waals surface area contributed by atoms with Gasteiger partial charge in [-0.25, -0.2) is 0 Å². The van der Waals surface area contributed by atoms with Gasteiger partial charge in [0.05, 0.1) is 8.99 Å². The van der Waals surface area contributed by atoms with E-state index in [9.17, 15) is 8.78 Å². The molecule has 0 amide bonds. The number of hydrogen-bond acceptors (Lipinski definition) is 1. The molecular formula is C21H25F2IO. The van der Waals surface area contributed by atoms with Gasteiger partial charge in [-0.05, 0) is 39.0 Å². The van der Waals surface area contributed by atoms with Crippen molar-refractivity contribution in [2.75, 3.05) is 0 Å². The molecule has 1 nitrogen and oxygen atoms in total. The molecule has 0 N–H and O–H groups in total. The van der Waals surface area contributed by atoms with Crippen molar-refractivity contribution in [3.63, 3.8) is 0 Å². The van der Waals surface area contributed by atoms with E-state index in [4.69, 9.17) is 4.74 Å². The van der Waals surface area contributed by atoms with Gasteiger partial charge < -0.3 is 4.74 Å². The maximum Gasteiger partial charge on any atom is 0.426 e. The fraction of sp³-hybridized carbons (Fsp3) is 0.381. The maximum atomic E-state index is 14.9. The van der Waals surface area contributed by atoms with E-state index in [-0.39, 0.29) is 16.7 Å². The van der Waals surface area contributed by atoms with Gasteiger partial charge in [-0.1, -0.05) is 59.9 Å². The molecule has 1 unspecified atom stereocenters. The molecule has 0 saturated heterocycles. The molecule has 0 aromatic heterocycles. The molecule has 0 aliphatic heterocycles. The molecular weight excluding hydrogens is 433 g/mol. The predicted molar refractivity (Wildman–Crippen MR) is 111 cm³/mol. The minimum Gasteiger partial charge on any atom is -0.429 e. The van der Waals surface area contributed by atoms with E-state index in [0.717, 1.165) is 11.1 Å². The molecule has 0 aromatic rings. The van der Waals surface area contributed by atoms with Crippen LogP contribution in [0.2, 0.25) is 0 Å². The lowest BCUT2D eigenvalue weighted by Gasteiger charge is -2.24. The van der Waals surface area contributed by atoms with Crippen LogP contribution in [0.5, 0.6) is 0 Å². The zero-order valence-corrected chi connectivity index (χ0v) is 17.5. The van der Waals surface area contributed by atoms with E-state index >= 15 is 0 Å². The van der Waals surface area contributed by atoms with Gasteiger partial charge in [0, 0.05) is 5.41 Å². The summed E-state index contributed by atoms with van der Waals surface area (Å²) in [5.74, 6) is 0.178. The normalized spacial score (nSPS) is 26.0. The highest BCUT2D eigenvalue weighted by Crippen LogP contribution is 2.39. The quantitative estimate of drug-likeness (QED) is 0.340. The predicted octanol–water partition coefficient (Wildman–Crippen LogP) is 6.63. The van der Waals surface area contributed by atoms with Crippen molar-refractivity contribution in [2.45, 2.75) is 44.1 Å². The van der Waals surface area contributed by atoms with Crippen LogP contribution in [-0.2, 0) is 4.74 Å². The van der Waals surface area contributed by atoms with E-state index < -0.39 is 30.3 Å². The Morgan fingerprint density at radius 3 is 2.16 bits per heavy atom. The zero-order chi connectivity index (χ0) is 18.9. The van der Waals surface area contributed by atoms with Gasteiger partial charge in [0.2, 0.25) is 0 Å². The van der Waals surface area contributed by atoms with Crippen molar-refractivity contribution in [3.8, 4) is 0 Å². The van der Waals surface area contributed by atoms with Gasteiger partial charge in [0.15, 0.2) is 0 Å². The number of allylic oxidation sites excluding steroid dienone is 9. The Kier molecular flexibility index (Phi) is 5.71. The second-order valence-corrected chi connectivity index (χ2v) is 10.4. The lowest BCUT2D eigenvalue weighted by Crippen LogP contribution is -2.25. The first-order valence-corrected chi connectivity index (χ1v) is 10.7. The molecule has 4 heteroatoms. The maximum absolute atomic E-state index is 14.9. The Balaban J connectivity index is 2.36. The van der Waals surface area contributed by atoms with Crippen LogP contribution in [0.1, 0.15) is 34.6 Å². The third kappa shape index (κ3) is 5.33. The molecule has 0 fully saturated rings. The average molecular weight is 458 g/mol. The first-order valence-electron chi connectivity index (χ1n) is 8.12. The average Bonchev–Trinajstić information content (AvgIpc) is 2.70. The summed E-state index contributed by atoms with van der Waals surface area (Å²) < 4.78 is 38.6. The van der Waals surface area contributed by atoms with Crippen LogP contribution in [0.4, 0.5) is 8.78 Å². The van der Waals surface area contributed by atoms with E-state index in [0.29, 0.717) is 0 Å². The van der Waals surface area contributed by atoms with Crippen LogP contribution >= 0.6 is 20.7 Å². The molecule has 0 spiro atoms. The first-order chi connectivity index (χ1) is 11.4. The van der Waals surface area contributed by atoms with Crippen molar-refractivity contribution in [3.05, 3.63) is 71.1 Å². The molecule has 0 bridgehead atoms. The molecule has 136 valence electrons. The molecule has 0 aromatic carbocycles. The molecule has 1 atom stereocenters. The summed E-state index contributed by atoms with van der Waals surface area (Å²) in [5, 5.41) is 0. The third-order valence-electron chi connectivity index (χ3n) is 3.97. The summed E-state index contributed by atoms with van der Waals surface area (Å²) in [7, 11) is 0. The highest BCUT2D eigenvalue weighted by molar-refractivity contribution is 14.2. The SMILES string of the molecule is C=IC1(C)C=C(C)C=CC(C(F)(F)OC2=CC(C)(C)C=C(C)C=C2)=C1. The molecule has 2 aliphatic rings. The Hall–Kier alpha value is -1.30. The summed E-state index contributed by atoms with van der Waals surface area (Å²) >= 11 is -0.533. The topological polar surface area (TPSA) is 9.23 Å². The van der Waals surface area contributed by atoms with Crippen molar-refractivity contribution in [1.82, 2.24) is 0 Å². The highest BCUT2D eigenvalue weighted by Gasteiger charge is 2.38. The third-order valence-corrected chi connectivity index (χ3v) is 6.23. The highest BCUT2D eigenvalue weighted by atomic mass is 127. The van der Waals surface area contributed by atoms with Crippen LogP contribution in [0.3, 0.4) is 0 Å². The Morgan fingerprint density at radius 1 is 0.920 bits per heavy atom. The summed E-state index contributed by atoms with van der Waals surface area (Å²) in [6, 6.07) is 0. The number of rotatable bonds is 4. The lowest BCUT2D eigenvalue weighted by atomic mass is 9.91. The van der Waals surface area contributed by atoms with Gasteiger partial charge in [-0.15, -0.1) is 20.7 Å². The molecule has 25 heavy (non-hydrogen) atoms. The minimum absolute atomic E-state index is 0.118. The molecule has 2 aliphatic carbocycles. The largest absolute Gasteiger partial charge is 0.429 e. The minimum atomic E-state index is -3.40. The monoisotopic (exact) mass is 458 g/mol. The van der Waals surface area contributed by atoms with Crippen LogP contribution < -0.4 is 0 Å². The smallest absolute Gasteiger partial charge is 0.426 e. The Labute approximate surface area is 159 Å². The Morgan fingerprint density at radius 2 is 1.52 bits per heavy atom. The van der Waals surface area contributed by atoms with Crippen molar-refractivity contribution in [1.29, 1.82) is 0 Å². The second-order valence-electron chi connectivity index (χ2n) is 7.31. The standard InChI is InChI=1S/C21H25F2IO/c1-15-8-10-18(14-19(3,4)11-15)25-21(22,23)17-9-7-16(2)12-20(5,13-17)24-6/h7-14H,6H2,1-5H3. The van der Waals surface area contributed by atoms with Crippen LogP contribution in [-0.4, -0.2) is 14.0 Å². The number of hydrogen-bond donors (Lipinski definition) is 0. The Bertz CT molecular complexity index is 748. The zero-order valence-electron chi connectivity index (χ0n) is 15.4. The van der Waals surface area contributed by atoms with Crippen molar-refractivity contribution in [2.24, 2.45) is 5.41 Å². The van der Waals surface area contributed by atoms with E-state index in [1.165, 1.54) is 6.08 Å². The summed E-state index contributed by atoms with van der Waals surface area (Å²) in [6.45, 7) is 9.74. The van der Waals surface area contributed by atoms with Crippen LogP contribution in [0.25, 0.3) is 0 Å². The van der Waals surface area contributed by atoms with E-state index in [1.54, 1.807) is 30.4 Å².